The summed E-state index contributed by atoms with van der Waals surface area (Å²) in [5, 5.41) is 0. The average molecular weight is 326 g/mol. The number of benzene rings is 1. The molecule has 19 heavy (non-hydrogen) atoms. The van der Waals surface area contributed by atoms with Gasteiger partial charge >= 0.3 is 0 Å². The smallest absolute Gasteiger partial charge is 0.240 e. The third kappa shape index (κ3) is 3.35. The first-order chi connectivity index (χ1) is 9.13. The van der Waals surface area contributed by atoms with E-state index in [9.17, 15) is 4.79 Å². The second-order valence-corrected chi connectivity index (χ2v) is 5.82. The lowest BCUT2D eigenvalue weighted by atomic mass is 10.1. The van der Waals surface area contributed by atoms with Crippen molar-refractivity contribution in [3.8, 4) is 0 Å². The molecule has 0 bridgehead atoms. The second kappa shape index (κ2) is 6.50. The van der Waals surface area contributed by atoms with Gasteiger partial charge in [0.1, 0.15) is 0 Å². The number of likely N-dealkylation sites (tertiary alicyclic amines) is 1. The van der Waals surface area contributed by atoms with Crippen molar-refractivity contribution in [1.29, 1.82) is 0 Å². The molecule has 1 aliphatic heterocycles. The molecule has 1 heterocycles. The van der Waals surface area contributed by atoms with E-state index in [0.29, 0.717) is 13.0 Å². The van der Waals surface area contributed by atoms with Crippen LogP contribution in [0.4, 0.5) is 0 Å². The first-order valence-electron chi connectivity index (χ1n) is 6.63. The Balaban J connectivity index is 2.02. The first-order valence-corrected chi connectivity index (χ1v) is 7.42. The molecule has 0 aliphatic carbocycles. The van der Waals surface area contributed by atoms with Crippen LogP contribution in [0.2, 0.25) is 0 Å². The standard InChI is InChI=1S/C14H20BrN3O/c15-12-6-2-1-4-10(12)8-13(17)14(19)18-7-3-5-11(18)9-16/h1-2,4,6,11,13H,3,5,7-9,16-17H2/t11?,13-/m1/s1. The van der Waals surface area contributed by atoms with Gasteiger partial charge in [-0.05, 0) is 30.9 Å². The Morgan fingerprint density at radius 3 is 2.89 bits per heavy atom. The van der Waals surface area contributed by atoms with E-state index >= 15 is 0 Å². The van der Waals surface area contributed by atoms with Crippen LogP contribution in [0.25, 0.3) is 0 Å². The molecule has 1 aliphatic rings. The second-order valence-electron chi connectivity index (χ2n) is 4.97. The Morgan fingerprint density at radius 1 is 1.47 bits per heavy atom. The van der Waals surface area contributed by atoms with Crippen molar-refractivity contribution in [2.45, 2.75) is 31.3 Å². The highest BCUT2D eigenvalue weighted by molar-refractivity contribution is 9.10. The Hall–Kier alpha value is -0.910. The number of nitrogens with two attached hydrogens (primary N) is 2. The highest BCUT2D eigenvalue weighted by Gasteiger charge is 2.30. The molecular formula is C14H20BrN3O. The van der Waals surface area contributed by atoms with Crippen LogP contribution in [-0.4, -0.2) is 36.0 Å². The van der Waals surface area contributed by atoms with Crippen molar-refractivity contribution in [2.75, 3.05) is 13.1 Å². The Bertz CT molecular complexity index is 452. The summed E-state index contributed by atoms with van der Waals surface area (Å²) in [6.07, 6.45) is 2.56. The van der Waals surface area contributed by atoms with Gasteiger partial charge in [0.25, 0.3) is 0 Å². The van der Waals surface area contributed by atoms with Crippen LogP contribution in [0.1, 0.15) is 18.4 Å². The number of carbonyl (C=O) groups excluding carboxylic acids is 1. The fourth-order valence-corrected chi connectivity index (χ4v) is 3.02. The van der Waals surface area contributed by atoms with E-state index in [-0.39, 0.29) is 11.9 Å². The van der Waals surface area contributed by atoms with Gasteiger partial charge in [-0.25, -0.2) is 0 Å². The molecule has 0 spiro atoms. The van der Waals surface area contributed by atoms with Gasteiger partial charge in [0, 0.05) is 23.6 Å². The van der Waals surface area contributed by atoms with E-state index in [1.807, 2.05) is 29.2 Å². The van der Waals surface area contributed by atoms with Gasteiger partial charge in [0.05, 0.1) is 6.04 Å². The maximum atomic E-state index is 12.4. The highest BCUT2D eigenvalue weighted by Crippen LogP contribution is 2.20. The number of hydrogen-bond donors (Lipinski definition) is 2. The summed E-state index contributed by atoms with van der Waals surface area (Å²) in [5.74, 6) is 0.0173. The molecule has 4 N–H and O–H groups in total. The quantitative estimate of drug-likeness (QED) is 0.875. The van der Waals surface area contributed by atoms with Gasteiger partial charge in [-0.3, -0.25) is 4.79 Å². The lowest BCUT2D eigenvalue weighted by molar-refractivity contribution is -0.133. The summed E-state index contributed by atoms with van der Waals surface area (Å²) >= 11 is 3.48. The molecule has 0 saturated carbocycles. The minimum absolute atomic E-state index is 0.0173. The largest absolute Gasteiger partial charge is 0.337 e. The lowest BCUT2D eigenvalue weighted by Crippen LogP contribution is -2.48. The Labute approximate surface area is 122 Å². The van der Waals surface area contributed by atoms with E-state index < -0.39 is 6.04 Å². The molecule has 4 nitrogen and oxygen atoms in total. The van der Waals surface area contributed by atoms with Crippen molar-refractivity contribution in [1.82, 2.24) is 4.90 Å². The third-order valence-electron chi connectivity index (χ3n) is 3.65. The minimum Gasteiger partial charge on any atom is -0.337 e. The van der Waals surface area contributed by atoms with Crippen LogP contribution in [0, 0.1) is 0 Å². The molecule has 104 valence electrons. The van der Waals surface area contributed by atoms with Crippen molar-refractivity contribution in [2.24, 2.45) is 11.5 Å². The molecule has 1 fully saturated rings. The molecule has 1 amide bonds. The molecule has 1 aromatic carbocycles. The normalized spacial score (nSPS) is 20.6. The molecular weight excluding hydrogens is 306 g/mol. The minimum atomic E-state index is -0.495. The number of hydrogen-bond acceptors (Lipinski definition) is 3. The zero-order chi connectivity index (χ0) is 13.8. The van der Waals surface area contributed by atoms with Gasteiger partial charge in [0.2, 0.25) is 5.91 Å². The van der Waals surface area contributed by atoms with Gasteiger partial charge in [-0.2, -0.15) is 0 Å². The number of carbonyl (C=O) groups is 1. The summed E-state index contributed by atoms with van der Waals surface area (Å²) in [5.41, 5.74) is 12.8. The molecule has 2 rings (SSSR count). The molecule has 5 heteroatoms. The fourth-order valence-electron chi connectivity index (χ4n) is 2.57. The van der Waals surface area contributed by atoms with E-state index in [0.717, 1.165) is 29.4 Å². The van der Waals surface area contributed by atoms with Crippen LogP contribution in [0.3, 0.4) is 0 Å². The van der Waals surface area contributed by atoms with Crippen molar-refractivity contribution < 1.29 is 4.79 Å². The van der Waals surface area contributed by atoms with E-state index in [1.54, 1.807) is 0 Å². The summed E-state index contributed by atoms with van der Waals surface area (Å²) in [7, 11) is 0. The van der Waals surface area contributed by atoms with Gasteiger partial charge < -0.3 is 16.4 Å². The first kappa shape index (κ1) is 14.5. The SMILES string of the molecule is NCC1CCCN1C(=O)[C@H](N)Cc1ccccc1Br. The van der Waals surface area contributed by atoms with Crippen molar-refractivity contribution in [3.05, 3.63) is 34.3 Å². The zero-order valence-electron chi connectivity index (χ0n) is 10.9. The highest BCUT2D eigenvalue weighted by atomic mass is 79.9. The molecule has 1 unspecified atom stereocenters. The maximum Gasteiger partial charge on any atom is 0.240 e. The number of rotatable bonds is 4. The Kier molecular flexibility index (Phi) is 4.96. The molecule has 0 radical (unpaired) electrons. The molecule has 0 aromatic heterocycles. The average Bonchev–Trinajstić information content (AvgIpc) is 2.88. The number of amides is 1. The van der Waals surface area contributed by atoms with E-state index in [1.165, 1.54) is 0 Å². The van der Waals surface area contributed by atoms with Gasteiger partial charge in [-0.1, -0.05) is 34.1 Å². The van der Waals surface area contributed by atoms with E-state index in [4.69, 9.17) is 11.5 Å². The zero-order valence-corrected chi connectivity index (χ0v) is 12.5. The van der Waals surface area contributed by atoms with Crippen LogP contribution in [0.5, 0.6) is 0 Å². The van der Waals surface area contributed by atoms with Gasteiger partial charge in [-0.15, -0.1) is 0 Å². The van der Waals surface area contributed by atoms with Crippen LogP contribution in [-0.2, 0) is 11.2 Å². The monoisotopic (exact) mass is 325 g/mol. The number of halogens is 1. The predicted octanol–water partition coefficient (Wildman–Crippen LogP) is 1.27. The van der Waals surface area contributed by atoms with Crippen LogP contribution >= 0.6 is 15.9 Å². The summed E-state index contributed by atoms with van der Waals surface area (Å²) in [4.78, 5) is 14.2. The topological polar surface area (TPSA) is 72.3 Å². The molecule has 1 aromatic rings. The summed E-state index contributed by atoms with van der Waals surface area (Å²) < 4.78 is 0.995. The Morgan fingerprint density at radius 2 is 2.21 bits per heavy atom. The van der Waals surface area contributed by atoms with Gasteiger partial charge in [0.15, 0.2) is 0 Å². The summed E-state index contributed by atoms with van der Waals surface area (Å²) in [6, 6.07) is 7.53. The van der Waals surface area contributed by atoms with Crippen LogP contribution < -0.4 is 11.5 Å². The predicted molar refractivity (Wildman–Crippen MR) is 79.6 cm³/mol. The van der Waals surface area contributed by atoms with Crippen molar-refractivity contribution in [3.63, 3.8) is 0 Å². The summed E-state index contributed by atoms with van der Waals surface area (Å²) in [6.45, 7) is 1.30. The van der Waals surface area contributed by atoms with Crippen LogP contribution in [0.15, 0.2) is 28.7 Å². The third-order valence-corrected chi connectivity index (χ3v) is 4.42. The molecule has 2 atom stereocenters. The number of nitrogens with zero attached hydrogens (tertiary/aromatic N) is 1. The molecule has 1 saturated heterocycles. The maximum absolute atomic E-state index is 12.4. The fraction of sp³-hybridized carbons (Fsp3) is 0.500. The van der Waals surface area contributed by atoms with Crippen molar-refractivity contribution >= 4 is 21.8 Å². The van der Waals surface area contributed by atoms with E-state index in [2.05, 4.69) is 15.9 Å². The lowest BCUT2D eigenvalue weighted by Gasteiger charge is -2.26.